The summed E-state index contributed by atoms with van der Waals surface area (Å²) in [7, 11) is 0. The van der Waals surface area contributed by atoms with E-state index >= 15 is 0 Å². The van der Waals surface area contributed by atoms with Crippen LogP contribution in [0.4, 0.5) is 0 Å². The van der Waals surface area contributed by atoms with E-state index in [2.05, 4.69) is 26.1 Å². The molecule has 0 unspecified atom stereocenters. The number of fused-ring (bicyclic) bond motifs is 1. The summed E-state index contributed by atoms with van der Waals surface area (Å²) in [6.45, 7) is 2.32. The largest absolute Gasteiger partial charge is 0.239 e. The third-order valence-electron chi connectivity index (χ3n) is 2.98. The van der Waals surface area contributed by atoms with E-state index in [-0.39, 0.29) is 0 Å². The van der Waals surface area contributed by atoms with Crippen LogP contribution in [0.3, 0.4) is 0 Å². The fraction of sp³-hybridized carbons (Fsp3) is 0.133. The highest BCUT2D eigenvalue weighted by Crippen LogP contribution is 2.18. The Morgan fingerprint density at radius 1 is 1.29 bits per heavy atom. The van der Waals surface area contributed by atoms with Crippen molar-refractivity contribution in [2.75, 3.05) is 0 Å². The zero-order valence-electron chi connectivity index (χ0n) is 11.4. The van der Waals surface area contributed by atoms with Crippen molar-refractivity contribution in [2.24, 2.45) is 0 Å². The van der Waals surface area contributed by atoms with Gasteiger partial charge in [-0.3, -0.25) is 0 Å². The molecule has 0 atom stereocenters. The molecule has 3 aromatic heterocycles. The van der Waals surface area contributed by atoms with Crippen molar-refractivity contribution in [3.63, 3.8) is 0 Å². The lowest BCUT2D eigenvalue weighted by Crippen LogP contribution is -2.06. The van der Waals surface area contributed by atoms with Gasteiger partial charge in [0.25, 0.3) is 0 Å². The van der Waals surface area contributed by atoms with Crippen LogP contribution >= 0.6 is 0 Å². The van der Waals surface area contributed by atoms with Gasteiger partial charge < -0.3 is 0 Å². The summed E-state index contributed by atoms with van der Waals surface area (Å²) in [4.78, 5) is 12.7. The highest BCUT2D eigenvalue weighted by Gasteiger charge is 2.12. The standard InChI is InChI=1S/C15H12N6/c1-2-4-11-7-12-13(8-16)20-21(15(12)19-9-11)10-14-17-5-3-6-18-14/h2-7,9H,10H2,1H3. The van der Waals surface area contributed by atoms with Gasteiger partial charge in [0.2, 0.25) is 0 Å². The van der Waals surface area contributed by atoms with Gasteiger partial charge in [-0.05, 0) is 24.6 Å². The second-order valence-electron chi connectivity index (χ2n) is 4.42. The van der Waals surface area contributed by atoms with Crippen molar-refractivity contribution in [1.82, 2.24) is 24.7 Å². The molecule has 0 spiro atoms. The highest BCUT2D eigenvalue weighted by molar-refractivity contribution is 5.83. The van der Waals surface area contributed by atoms with Crippen LogP contribution in [0.2, 0.25) is 0 Å². The summed E-state index contributed by atoms with van der Waals surface area (Å²) in [5.74, 6) is 0.630. The molecule has 0 saturated heterocycles. The number of hydrogen-bond acceptors (Lipinski definition) is 5. The lowest BCUT2D eigenvalue weighted by atomic mass is 10.2. The Kier molecular flexibility index (Phi) is 3.39. The van der Waals surface area contributed by atoms with Crippen LogP contribution in [-0.2, 0) is 6.54 Å². The normalized spacial score (nSPS) is 11.0. The van der Waals surface area contributed by atoms with Gasteiger partial charge in [0.1, 0.15) is 18.4 Å². The fourth-order valence-electron chi connectivity index (χ4n) is 2.10. The van der Waals surface area contributed by atoms with E-state index < -0.39 is 0 Å². The van der Waals surface area contributed by atoms with Crippen LogP contribution in [0.5, 0.6) is 0 Å². The summed E-state index contributed by atoms with van der Waals surface area (Å²) >= 11 is 0. The molecular weight excluding hydrogens is 264 g/mol. The number of aromatic nitrogens is 5. The van der Waals surface area contributed by atoms with E-state index in [9.17, 15) is 5.26 Å². The lowest BCUT2D eigenvalue weighted by molar-refractivity contribution is 0.667. The minimum absolute atomic E-state index is 0.361. The summed E-state index contributed by atoms with van der Waals surface area (Å²) in [5, 5.41) is 14.3. The molecule has 6 nitrogen and oxygen atoms in total. The molecule has 0 aliphatic carbocycles. The van der Waals surface area contributed by atoms with Crippen LogP contribution in [0.15, 0.2) is 36.8 Å². The second-order valence-corrected chi connectivity index (χ2v) is 4.42. The number of hydrogen-bond donors (Lipinski definition) is 0. The molecule has 0 saturated carbocycles. The van der Waals surface area contributed by atoms with E-state index in [0.717, 1.165) is 10.9 Å². The molecule has 0 aliphatic heterocycles. The van der Waals surface area contributed by atoms with Gasteiger partial charge in [-0.2, -0.15) is 10.4 Å². The molecule has 3 aromatic rings. The molecule has 21 heavy (non-hydrogen) atoms. The lowest BCUT2D eigenvalue weighted by Gasteiger charge is -2.01. The molecule has 6 heteroatoms. The first kappa shape index (κ1) is 12.9. The van der Waals surface area contributed by atoms with Crippen molar-refractivity contribution in [3.05, 3.63) is 53.9 Å². The Hall–Kier alpha value is -3.07. The maximum absolute atomic E-state index is 9.23. The summed E-state index contributed by atoms with van der Waals surface area (Å²) in [5.41, 5.74) is 1.96. The predicted octanol–water partition coefficient (Wildman–Crippen LogP) is 2.17. The van der Waals surface area contributed by atoms with Crippen LogP contribution in [0.25, 0.3) is 17.1 Å². The molecule has 102 valence electrons. The van der Waals surface area contributed by atoms with Gasteiger partial charge in [0, 0.05) is 18.6 Å². The van der Waals surface area contributed by atoms with Crippen molar-refractivity contribution in [3.8, 4) is 6.07 Å². The second kappa shape index (κ2) is 5.51. The Labute approximate surface area is 121 Å². The number of allylic oxidation sites excluding steroid dienone is 1. The Balaban J connectivity index is 2.10. The van der Waals surface area contributed by atoms with Gasteiger partial charge in [-0.25, -0.2) is 19.6 Å². The molecule has 0 radical (unpaired) electrons. The molecule has 0 amide bonds. The first-order valence-electron chi connectivity index (χ1n) is 6.47. The van der Waals surface area contributed by atoms with E-state index in [1.165, 1.54) is 0 Å². The van der Waals surface area contributed by atoms with Crippen LogP contribution in [-0.4, -0.2) is 24.7 Å². The first-order valence-corrected chi connectivity index (χ1v) is 6.47. The van der Waals surface area contributed by atoms with E-state index in [0.29, 0.717) is 23.7 Å². The van der Waals surface area contributed by atoms with Crippen molar-refractivity contribution >= 4 is 17.1 Å². The molecular formula is C15H12N6. The van der Waals surface area contributed by atoms with Gasteiger partial charge >= 0.3 is 0 Å². The number of nitriles is 1. The van der Waals surface area contributed by atoms with Crippen LogP contribution < -0.4 is 0 Å². The van der Waals surface area contributed by atoms with Gasteiger partial charge in [-0.1, -0.05) is 12.2 Å². The third-order valence-corrected chi connectivity index (χ3v) is 2.98. The van der Waals surface area contributed by atoms with E-state index in [4.69, 9.17) is 0 Å². The van der Waals surface area contributed by atoms with Gasteiger partial charge in [0.15, 0.2) is 11.3 Å². The Morgan fingerprint density at radius 3 is 2.81 bits per heavy atom. The Morgan fingerprint density at radius 2 is 2.10 bits per heavy atom. The van der Waals surface area contributed by atoms with Crippen molar-refractivity contribution < 1.29 is 0 Å². The third kappa shape index (κ3) is 2.49. The van der Waals surface area contributed by atoms with E-state index in [1.54, 1.807) is 29.3 Å². The average molecular weight is 276 g/mol. The summed E-state index contributed by atoms with van der Waals surface area (Å²) in [6.07, 6.45) is 8.98. The van der Waals surface area contributed by atoms with Crippen LogP contribution in [0, 0.1) is 11.3 Å². The predicted molar refractivity (Wildman–Crippen MR) is 78.1 cm³/mol. The van der Waals surface area contributed by atoms with Crippen molar-refractivity contribution in [2.45, 2.75) is 13.5 Å². The molecule has 3 rings (SSSR count). The fourth-order valence-corrected chi connectivity index (χ4v) is 2.10. The van der Waals surface area contributed by atoms with Gasteiger partial charge in [0.05, 0.1) is 5.39 Å². The monoisotopic (exact) mass is 276 g/mol. The van der Waals surface area contributed by atoms with E-state index in [1.807, 2.05) is 25.1 Å². The molecule has 3 heterocycles. The molecule has 0 bridgehead atoms. The van der Waals surface area contributed by atoms with Gasteiger partial charge in [-0.15, -0.1) is 0 Å². The summed E-state index contributed by atoms with van der Waals surface area (Å²) in [6, 6.07) is 5.78. The quantitative estimate of drug-likeness (QED) is 0.732. The summed E-state index contributed by atoms with van der Waals surface area (Å²) < 4.78 is 1.66. The molecule has 0 N–H and O–H groups in total. The average Bonchev–Trinajstić information content (AvgIpc) is 2.86. The smallest absolute Gasteiger partial charge is 0.172 e. The van der Waals surface area contributed by atoms with Crippen molar-refractivity contribution in [1.29, 1.82) is 5.26 Å². The maximum Gasteiger partial charge on any atom is 0.172 e. The minimum Gasteiger partial charge on any atom is -0.239 e. The highest BCUT2D eigenvalue weighted by atomic mass is 15.3. The SMILES string of the molecule is CC=Cc1cnc2c(c1)c(C#N)nn2Cc1ncccn1. The number of rotatable bonds is 3. The van der Waals surface area contributed by atoms with Crippen LogP contribution in [0.1, 0.15) is 24.0 Å². The number of pyridine rings is 1. The Bertz CT molecular complexity index is 842. The zero-order valence-corrected chi connectivity index (χ0v) is 11.4. The minimum atomic E-state index is 0.361. The topological polar surface area (TPSA) is 80.3 Å². The zero-order chi connectivity index (χ0) is 14.7. The number of nitrogens with zero attached hydrogens (tertiary/aromatic N) is 6. The maximum atomic E-state index is 9.23. The molecule has 0 aliphatic rings. The molecule has 0 aromatic carbocycles. The molecule has 0 fully saturated rings. The first-order chi connectivity index (χ1) is 10.3.